The largest absolute Gasteiger partial charge is 0.494 e. The molecule has 0 aliphatic rings. The van der Waals surface area contributed by atoms with Gasteiger partial charge in [-0.2, -0.15) is 0 Å². The molecule has 0 saturated heterocycles. The molecule has 4 aromatic rings. The van der Waals surface area contributed by atoms with Crippen molar-refractivity contribution >= 4 is 28.5 Å². The van der Waals surface area contributed by atoms with Crippen molar-refractivity contribution in [2.75, 3.05) is 6.61 Å². The second kappa shape index (κ2) is 9.39. The minimum atomic E-state index is -0.342. The summed E-state index contributed by atoms with van der Waals surface area (Å²) in [5.74, 6) is 0.358. The number of halogens is 1. The number of Topliss-reactive ketones (excluding diaryl/α,β-unsaturated/α-hetero) is 1. The van der Waals surface area contributed by atoms with Crippen molar-refractivity contribution < 1.29 is 18.3 Å². The van der Waals surface area contributed by atoms with E-state index in [0.717, 1.165) is 18.6 Å². The minimum absolute atomic E-state index is 0.221. The third-order valence-electron chi connectivity index (χ3n) is 4.83. The van der Waals surface area contributed by atoms with Crippen LogP contribution in [0.4, 0.5) is 4.39 Å². The molecule has 0 aliphatic heterocycles. The van der Waals surface area contributed by atoms with E-state index in [2.05, 4.69) is 11.9 Å². The SMILES string of the molecule is CCCCOc1ccc(C(=O)/C(=C/c2ccc(F)cc2)c2nc3ccccc3o2)cc1. The van der Waals surface area contributed by atoms with Crippen LogP contribution in [0.5, 0.6) is 5.75 Å². The number of unbranched alkanes of at least 4 members (excludes halogenated alkanes) is 1. The summed E-state index contributed by atoms with van der Waals surface area (Å²) >= 11 is 0. The van der Waals surface area contributed by atoms with Crippen LogP contribution < -0.4 is 4.74 Å². The van der Waals surface area contributed by atoms with Crippen LogP contribution >= 0.6 is 0 Å². The number of benzene rings is 3. The lowest BCUT2D eigenvalue weighted by Crippen LogP contribution is -2.04. The zero-order valence-electron chi connectivity index (χ0n) is 17.2. The molecule has 0 fully saturated rings. The predicted octanol–water partition coefficient (Wildman–Crippen LogP) is 6.57. The molecule has 3 aromatic carbocycles. The highest BCUT2D eigenvalue weighted by molar-refractivity contribution is 6.31. The Hall–Kier alpha value is -3.73. The van der Waals surface area contributed by atoms with Crippen molar-refractivity contribution in [3.63, 3.8) is 0 Å². The van der Waals surface area contributed by atoms with E-state index in [1.54, 1.807) is 48.5 Å². The lowest BCUT2D eigenvalue weighted by atomic mass is 10.0. The van der Waals surface area contributed by atoms with Crippen molar-refractivity contribution in [1.29, 1.82) is 0 Å². The summed E-state index contributed by atoms with van der Waals surface area (Å²) in [7, 11) is 0. The molecule has 0 aliphatic carbocycles. The maximum absolute atomic E-state index is 13.4. The molecule has 0 atom stereocenters. The molecular weight excluding hydrogens is 393 g/mol. The normalized spacial score (nSPS) is 11.6. The van der Waals surface area contributed by atoms with E-state index in [-0.39, 0.29) is 17.5 Å². The van der Waals surface area contributed by atoms with E-state index in [1.165, 1.54) is 12.1 Å². The first kappa shape index (κ1) is 20.5. The Balaban J connectivity index is 1.69. The van der Waals surface area contributed by atoms with Gasteiger partial charge in [0.05, 0.1) is 12.2 Å². The molecule has 0 saturated carbocycles. The second-order valence-corrected chi connectivity index (χ2v) is 7.15. The number of hydrogen-bond acceptors (Lipinski definition) is 4. The molecule has 0 spiro atoms. The number of carbonyl (C=O) groups is 1. The molecule has 1 aromatic heterocycles. The van der Waals surface area contributed by atoms with E-state index in [0.29, 0.717) is 34.4 Å². The highest BCUT2D eigenvalue weighted by atomic mass is 19.1. The summed E-state index contributed by atoms with van der Waals surface area (Å²) in [6.45, 7) is 2.74. The summed E-state index contributed by atoms with van der Waals surface area (Å²) in [5.41, 5.74) is 2.71. The smallest absolute Gasteiger partial charge is 0.231 e. The molecule has 5 heteroatoms. The first-order valence-corrected chi connectivity index (χ1v) is 10.2. The maximum atomic E-state index is 13.4. The Morgan fingerprint density at radius 2 is 1.77 bits per heavy atom. The Kier molecular flexibility index (Phi) is 6.22. The number of ether oxygens (including phenoxy) is 1. The number of ketones is 1. The zero-order chi connectivity index (χ0) is 21.6. The lowest BCUT2D eigenvalue weighted by Gasteiger charge is -2.07. The van der Waals surface area contributed by atoms with Crippen LogP contribution in [0, 0.1) is 5.82 Å². The number of carbonyl (C=O) groups excluding carboxylic acids is 1. The highest BCUT2D eigenvalue weighted by Gasteiger charge is 2.20. The van der Waals surface area contributed by atoms with Crippen molar-refractivity contribution in [2.45, 2.75) is 19.8 Å². The first-order valence-electron chi connectivity index (χ1n) is 10.2. The van der Waals surface area contributed by atoms with Crippen molar-refractivity contribution in [3.8, 4) is 5.75 Å². The maximum Gasteiger partial charge on any atom is 0.231 e. The number of rotatable bonds is 8. The Labute approximate surface area is 180 Å². The van der Waals surface area contributed by atoms with Crippen LogP contribution in [0.25, 0.3) is 22.7 Å². The number of allylic oxidation sites excluding steroid dienone is 1. The fourth-order valence-corrected chi connectivity index (χ4v) is 3.13. The van der Waals surface area contributed by atoms with Crippen LogP contribution in [-0.2, 0) is 0 Å². The van der Waals surface area contributed by atoms with Crippen molar-refractivity contribution in [3.05, 3.63) is 95.6 Å². The molecule has 0 N–H and O–H groups in total. The Morgan fingerprint density at radius 3 is 2.48 bits per heavy atom. The molecule has 1 heterocycles. The summed E-state index contributed by atoms with van der Waals surface area (Å²) in [4.78, 5) is 17.9. The molecular formula is C26H22FNO3. The van der Waals surface area contributed by atoms with Gasteiger partial charge in [-0.3, -0.25) is 4.79 Å². The average molecular weight is 415 g/mol. The van der Waals surface area contributed by atoms with Crippen LogP contribution in [0.2, 0.25) is 0 Å². The van der Waals surface area contributed by atoms with Crippen LogP contribution in [0.1, 0.15) is 41.6 Å². The molecule has 0 unspecified atom stereocenters. The summed E-state index contributed by atoms with van der Waals surface area (Å²) in [6.07, 6.45) is 3.69. The van der Waals surface area contributed by atoms with E-state index < -0.39 is 0 Å². The van der Waals surface area contributed by atoms with Gasteiger partial charge in [-0.1, -0.05) is 37.6 Å². The fourth-order valence-electron chi connectivity index (χ4n) is 3.13. The van der Waals surface area contributed by atoms with Gasteiger partial charge in [0.1, 0.15) is 17.1 Å². The lowest BCUT2D eigenvalue weighted by molar-refractivity contribution is 0.105. The van der Waals surface area contributed by atoms with Gasteiger partial charge >= 0.3 is 0 Å². The van der Waals surface area contributed by atoms with Gasteiger partial charge in [0.2, 0.25) is 5.89 Å². The van der Waals surface area contributed by atoms with Crippen LogP contribution in [0.3, 0.4) is 0 Å². The summed E-state index contributed by atoms with van der Waals surface area (Å²) in [6, 6.07) is 20.3. The molecule has 156 valence electrons. The number of nitrogens with zero attached hydrogens (tertiary/aromatic N) is 1. The number of hydrogen-bond donors (Lipinski definition) is 0. The first-order chi connectivity index (χ1) is 15.1. The summed E-state index contributed by atoms with van der Waals surface area (Å²) in [5, 5.41) is 0. The van der Waals surface area contributed by atoms with Crippen molar-refractivity contribution in [2.24, 2.45) is 0 Å². The zero-order valence-corrected chi connectivity index (χ0v) is 17.2. The van der Waals surface area contributed by atoms with Gasteiger partial charge in [-0.05, 0) is 66.6 Å². The fraction of sp³-hybridized carbons (Fsp3) is 0.154. The molecule has 4 nitrogen and oxygen atoms in total. The molecule has 0 amide bonds. The Bertz CT molecular complexity index is 1170. The molecule has 0 bridgehead atoms. The van der Waals surface area contributed by atoms with E-state index in [1.807, 2.05) is 18.2 Å². The van der Waals surface area contributed by atoms with Gasteiger partial charge < -0.3 is 9.15 Å². The monoisotopic (exact) mass is 415 g/mol. The number of oxazole rings is 1. The van der Waals surface area contributed by atoms with Crippen molar-refractivity contribution in [1.82, 2.24) is 4.98 Å². The second-order valence-electron chi connectivity index (χ2n) is 7.15. The molecule has 0 radical (unpaired) electrons. The molecule has 4 rings (SSSR count). The highest BCUT2D eigenvalue weighted by Crippen LogP contribution is 2.27. The van der Waals surface area contributed by atoms with Gasteiger partial charge in [-0.25, -0.2) is 9.37 Å². The van der Waals surface area contributed by atoms with Gasteiger partial charge in [0, 0.05) is 5.56 Å². The van der Waals surface area contributed by atoms with Gasteiger partial charge in [-0.15, -0.1) is 0 Å². The topological polar surface area (TPSA) is 52.3 Å². The Morgan fingerprint density at radius 1 is 1.03 bits per heavy atom. The van der Waals surface area contributed by atoms with E-state index in [9.17, 15) is 9.18 Å². The number of para-hydroxylation sites is 2. The van der Waals surface area contributed by atoms with E-state index in [4.69, 9.17) is 9.15 Å². The number of fused-ring (bicyclic) bond motifs is 1. The third kappa shape index (κ3) is 4.89. The van der Waals surface area contributed by atoms with Crippen LogP contribution in [0.15, 0.2) is 77.2 Å². The quantitative estimate of drug-likeness (QED) is 0.186. The molecule has 31 heavy (non-hydrogen) atoms. The van der Waals surface area contributed by atoms with Gasteiger partial charge in [0.15, 0.2) is 11.4 Å². The minimum Gasteiger partial charge on any atom is -0.494 e. The summed E-state index contributed by atoms with van der Waals surface area (Å²) < 4.78 is 24.9. The standard InChI is InChI=1S/C26H22FNO3/c1-2-3-16-30-21-14-10-19(11-15-21)25(29)22(17-18-8-12-20(27)13-9-18)26-28-23-6-4-5-7-24(23)31-26/h4-15,17H,2-3,16H2,1H3/b22-17-. The third-order valence-corrected chi connectivity index (χ3v) is 4.83. The predicted molar refractivity (Wildman–Crippen MR) is 119 cm³/mol. The van der Waals surface area contributed by atoms with E-state index >= 15 is 0 Å². The number of aromatic nitrogens is 1. The van der Waals surface area contributed by atoms with Gasteiger partial charge in [0.25, 0.3) is 0 Å². The van der Waals surface area contributed by atoms with Crippen LogP contribution in [-0.4, -0.2) is 17.4 Å². The average Bonchev–Trinajstić information content (AvgIpc) is 3.23.